The van der Waals surface area contributed by atoms with Crippen LogP contribution in [0.2, 0.25) is 0 Å². The molecule has 3 N–H and O–H groups in total. The lowest BCUT2D eigenvalue weighted by Gasteiger charge is -2.16. The van der Waals surface area contributed by atoms with E-state index in [2.05, 4.69) is 15.3 Å². The van der Waals surface area contributed by atoms with Crippen LogP contribution in [0.4, 0.5) is 0 Å². The predicted octanol–water partition coefficient (Wildman–Crippen LogP) is 0.420. The van der Waals surface area contributed by atoms with Crippen LogP contribution in [0.5, 0.6) is 0 Å². The number of aromatic nitrogens is 2. The van der Waals surface area contributed by atoms with Gasteiger partial charge in [0.25, 0.3) is 11.5 Å². The standard InChI is InChI=1S/C13H17N3O4S/c1-7-9-11(18)14-6-15-13(9)21-10(7)12(19)16-8(3-4-17)5-20-2/h6,8,17H,3-5H2,1-2H3,(H,16,19)(H,14,15,18). The molecule has 7 nitrogen and oxygen atoms in total. The van der Waals surface area contributed by atoms with E-state index >= 15 is 0 Å². The van der Waals surface area contributed by atoms with Gasteiger partial charge in [0, 0.05) is 13.7 Å². The van der Waals surface area contributed by atoms with Gasteiger partial charge < -0.3 is 20.1 Å². The lowest BCUT2D eigenvalue weighted by atomic mass is 10.2. The van der Waals surface area contributed by atoms with Gasteiger partial charge in [-0.2, -0.15) is 0 Å². The summed E-state index contributed by atoms with van der Waals surface area (Å²) >= 11 is 1.18. The van der Waals surface area contributed by atoms with Crippen LogP contribution in [0.3, 0.4) is 0 Å². The van der Waals surface area contributed by atoms with Crippen LogP contribution in [-0.4, -0.2) is 47.3 Å². The number of hydrogen-bond acceptors (Lipinski definition) is 6. The van der Waals surface area contributed by atoms with Gasteiger partial charge in [-0.3, -0.25) is 9.59 Å². The van der Waals surface area contributed by atoms with E-state index in [9.17, 15) is 9.59 Å². The van der Waals surface area contributed by atoms with Crippen LogP contribution >= 0.6 is 11.3 Å². The van der Waals surface area contributed by atoms with Crippen molar-refractivity contribution >= 4 is 27.5 Å². The summed E-state index contributed by atoms with van der Waals surface area (Å²) in [6.45, 7) is 2.00. The van der Waals surface area contributed by atoms with E-state index in [0.29, 0.717) is 33.7 Å². The number of amides is 1. The monoisotopic (exact) mass is 311 g/mol. The number of nitrogens with one attached hydrogen (secondary N) is 2. The van der Waals surface area contributed by atoms with Gasteiger partial charge in [0.15, 0.2) is 0 Å². The van der Waals surface area contributed by atoms with Gasteiger partial charge in [-0.25, -0.2) is 4.98 Å². The van der Waals surface area contributed by atoms with Gasteiger partial charge in [0.1, 0.15) is 4.83 Å². The van der Waals surface area contributed by atoms with Crippen LogP contribution in [-0.2, 0) is 4.74 Å². The first-order chi connectivity index (χ1) is 10.1. The Hall–Kier alpha value is -1.77. The second-order valence-electron chi connectivity index (χ2n) is 4.61. The smallest absolute Gasteiger partial charge is 0.262 e. The molecule has 114 valence electrons. The molecule has 2 aromatic heterocycles. The van der Waals surface area contributed by atoms with E-state index in [-0.39, 0.29) is 24.1 Å². The second kappa shape index (κ2) is 6.79. The minimum atomic E-state index is -0.287. The summed E-state index contributed by atoms with van der Waals surface area (Å²) in [5.41, 5.74) is 0.360. The molecule has 8 heteroatoms. The van der Waals surface area contributed by atoms with Crippen molar-refractivity contribution in [3.63, 3.8) is 0 Å². The van der Waals surface area contributed by atoms with E-state index in [1.165, 1.54) is 24.8 Å². The molecule has 0 aliphatic rings. The van der Waals surface area contributed by atoms with Crippen LogP contribution < -0.4 is 10.9 Å². The highest BCUT2D eigenvalue weighted by Gasteiger charge is 2.20. The third-order valence-electron chi connectivity index (χ3n) is 3.12. The molecule has 0 aliphatic heterocycles. The number of H-pyrrole nitrogens is 1. The Bertz CT molecular complexity index is 688. The maximum atomic E-state index is 12.3. The first kappa shape index (κ1) is 15.6. The Morgan fingerprint density at radius 3 is 3.00 bits per heavy atom. The van der Waals surface area contributed by atoms with Crippen LogP contribution in [0.1, 0.15) is 21.7 Å². The van der Waals surface area contributed by atoms with Crippen LogP contribution in [0.15, 0.2) is 11.1 Å². The number of aromatic amines is 1. The van der Waals surface area contributed by atoms with Gasteiger partial charge in [-0.05, 0) is 18.9 Å². The first-order valence-corrected chi connectivity index (χ1v) is 7.27. The fourth-order valence-corrected chi connectivity index (χ4v) is 3.15. The molecular formula is C13H17N3O4S. The average Bonchev–Trinajstić information content (AvgIpc) is 2.78. The first-order valence-electron chi connectivity index (χ1n) is 6.46. The van der Waals surface area contributed by atoms with E-state index in [4.69, 9.17) is 9.84 Å². The average molecular weight is 311 g/mol. The summed E-state index contributed by atoms with van der Waals surface area (Å²) in [6, 6.07) is -0.275. The zero-order chi connectivity index (χ0) is 15.4. The normalized spacial score (nSPS) is 12.5. The quantitative estimate of drug-likeness (QED) is 0.717. The number of methoxy groups -OCH3 is 1. The third-order valence-corrected chi connectivity index (χ3v) is 4.32. The fourth-order valence-electron chi connectivity index (χ4n) is 2.10. The molecule has 0 saturated heterocycles. The Morgan fingerprint density at radius 1 is 1.62 bits per heavy atom. The number of nitrogens with zero attached hydrogens (tertiary/aromatic N) is 1. The zero-order valence-electron chi connectivity index (χ0n) is 11.8. The maximum absolute atomic E-state index is 12.3. The summed E-state index contributed by atoms with van der Waals surface area (Å²) < 4.78 is 5.01. The van der Waals surface area contributed by atoms with Gasteiger partial charge in [-0.15, -0.1) is 11.3 Å². The molecule has 2 aromatic rings. The number of hydrogen-bond donors (Lipinski definition) is 3. The van der Waals surface area contributed by atoms with Crippen molar-refractivity contribution in [3.8, 4) is 0 Å². The summed E-state index contributed by atoms with van der Waals surface area (Å²) in [7, 11) is 1.53. The minimum Gasteiger partial charge on any atom is -0.396 e. The summed E-state index contributed by atoms with van der Waals surface area (Å²) in [5, 5.41) is 12.2. The van der Waals surface area contributed by atoms with Crippen molar-refractivity contribution in [1.29, 1.82) is 0 Å². The Labute approximate surface area is 125 Å². The summed E-state index contributed by atoms with van der Waals surface area (Å²) in [4.78, 5) is 31.7. The number of carbonyl (C=O) groups is 1. The lowest BCUT2D eigenvalue weighted by Crippen LogP contribution is -2.38. The Morgan fingerprint density at radius 2 is 2.38 bits per heavy atom. The van der Waals surface area contributed by atoms with Crippen molar-refractivity contribution in [1.82, 2.24) is 15.3 Å². The number of ether oxygens (including phenoxy) is 1. The van der Waals surface area contributed by atoms with Crippen molar-refractivity contribution in [2.24, 2.45) is 0 Å². The molecule has 1 atom stereocenters. The van der Waals surface area contributed by atoms with Crippen molar-refractivity contribution in [3.05, 3.63) is 27.1 Å². The summed E-state index contributed by atoms with van der Waals surface area (Å²) in [5.74, 6) is -0.287. The van der Waals surface area contributed by atoms with Crippen molar-refractivity contribution in [2.45, 2.75) is 19.4 Å². The Balaban J connectivity index is 2.29. The topological polar surface area (TPSA) is 104 Å². The zero-order valence-corrected chi connectivity index (χ0v) is 12.6. The molecule has 1 unspecified atom stereocenters. The minimum absolute atomic E-state index is 0.0407. The van der Waals surface area contributed by atoms with Crippen LogP contribution in [0, 0.1) is 6.92 Å². The number of aryl methyl sites for hydroxylation is 1. The largest absolute Gasteiger partial charge is 0.396 e. The molecule has 1 amide bonds. The number of aliphatic hydroxyl groups is 1. The van der Waals surface area contributed by atoms with Crippen LogP contribution in [0.25, 0.3) is 10.2 Å². The molecule has 0 fully saturated rings. The molecular weight excluding hydrogens is 294 g/mol. The van der Waals surface area contributed by atoms with Gasteiger partial charge in [0.2, 0.25) is 0 Å². The second-order valence-corrected chi connectivity index (χ2v) is 5.61. The van der Waals surface area contributed by atoms with E-state index < -0.39 is 0 Å². The number of aliphatic hydroxyl groups excluding tert-OH is 1. The molecule has 0 bridgehead atoms. The molecule has 0 spiro atoms. The fraction of sp³-hybridized carbons (Fsp3) is 0.462. The van der Waals surface area contributed by atoms with Crippen molar-refractivity contribution < 1.29 is 14.6 Å². The van der Waals surface area contributed by atoms with Gasteiger partial charge in [-0.1, -0.05) is 0 Å². The summed E-state index contributed by atoms with van der Waals surface area (Å²) in [6.07, 6.45) is 1.73. The number of thiophene rings is 1. The molecule has 2 heterocycles. The third kappa shape index (κ3) is 3.29. The maximum Gasteiger partial charge on any atom is 0.262 e. The SMILES string of the molecule is COCC(CCO)NC(=O)c1sc2nc[nH]c(=O)c2c1C. The van der Waals surface area contributed by atoms with Crippen molar-refractivity contribution in [2.75, 3.05) is 20.3 Å². The predicted molar refractivity (Wildman–Crippen MR) is 79.8 cm³/mol. The highest BCUT2D eigenvalue weighted by molar-refractivity contribution is 7.20. The van der Waals surface area contributed by atoms with E-state index in [1.54, 1.807) is 6.92 Å². The van der Waals surface area contributed by atoms with E-state index in [0.717, 1.165) is 0 Å². The molecule has 0 aliphatic carbocycles. The molecule has 0 radical (unpaired) electrons. The van der Waals surface area contributed by atoms with Gasteiger partial charge in [0.05, 0.1) is 29.2 Å². The number of carbonyl (C=O) groups excluding carboxylic acids is 1. The Kier molecular flexibility index (Phi) is 5.05. The van der Waals surface area contributed by atoms with E-state index in [1.807, 2.05) is 0 Å². The van der Waals surface area contributed by atoms with Gasteiger partial charge >= 0.3 is 0 Å². The molecule has 0 saturated carbocycles. The molecule has 0 aromatic carbocycles. The molecule has 21 heavy (non-hydrogen) atoms. The highest BCUT2D eigenvalue weighted by Crippen LogP contribution is 2.26. The number of fused-ring (bicyclic) bond motifs is 1. The molecule has 2 rings (SSSR count). The highest BCUT2D eigenvalue weighted by atomic mass is 32.1. The number of rotatable bonds is 6. The lowest BCUT2D eigenvalue weighted by molar-refractivity contribution is 0.0882.